The molecule has 91 heavy (non-hydrogen) atoms. The highest BCUT2D eigenvalue weighted by molar-refractivity contribution is 6.13. The van der Waals surface area contributed by atoms with E-state index in [1.165, 1.54) is 28.4 Å². The van der Waals surface area contributed by atoms with Gasteiger partial charge in [0.05, 0.1) is 62.0 Å². The molecule has 6 bridgehead atoms. The molecule has 0 radical (unpaired) electrons. The van der Waals surface area contributed by atoms with E-state index in [9.17, 15) is 0 Å². The van der Waals surface area contributed by atoms with E-state index in [1.807, 2.05) is 72.8 Å². The molecule has 21 heteroatoms. The van der Waals surface area contributed by atoms with Gasteiger partial charge in [-0.1, -0.05) is 12.1 Å². The van der Waals surface area contributed by atoms with Crippen molar-refractivity contribution in [2.24, 2.45) is 0 Å². The number of hydrogen-bond acceptors (Lipinski definition) is 17. The summed E-state index contributed by atoms with van der Waals surface area (Å²) in [6.07, 6.45) is 14.3. The van der Waals surface area contributed by atoms with Gasteiger partial charge in [0, 0.05) is 84.6 Å². The second kappa shape index (κ2) is 24.1. The zero-order chi connectivity index (χ0) is 61.5. The first kappa shape index (κ1) is 58.4. The van der Waals surface area contributed by atoms with Crippen LogP contribution in [0.25, 0.3) is 22.8 Å². The van der Waals surface area contributed by atoms with Gasteiger partial charge < -0.3 is 49.5 Å². The van der Waals surface area contributed by atoms with Crippen molar-refractivity contribution in [1.82, 2.24) is 39.7 Å². The van der Waals surface area contributed by atoms with Gasteiger partial charge in [-0.25, -0.2) is 9.59 Å². The number of urea groups is 2. The first-order valence-electron chi connectivity index (χ1n) is 34.1. The molecule has 4 aromatic carbocycles. The number of nitrogens with one attached hydrogen (secondary N) is 2. The van der Waals surface area contributed by atoms with Gasteiger partial charge in [-0.2, -0.15) is 39.9 Å². The maximum atomic E-state index is 15.8. The average molecular weight is 1230 g/mol. The fraction of sp³-hybridized carbons (Fsp3) is 0.543. The van der Waals surface area contributed by atoms with Crippen LogP contribution in [0.2, 0.25) is 0 Å². The summed E-state index contributed by atoms with van der Waals surface area (Å²) in [5.74, 6) is 3.75. The molecule has 21 nitrogen and oxygen atoms in total. The third kappa shape index (κ3) is 11.2. The number of aromatic nitrogens is 6. The van der Waals surface area contributed by atoms with Crippen LogP contribution in [0.15, 0.2) is 97.1 Å². The molecule has 2 N–H and O–H groups in total. The number of fused-ring (bicyclic) bond motifs is 7. The zero-order valence-corrected chi connectivity index (χ0v) is 53.2. The molecule has 476 valence electrons. The van der Waals surface area contributed by atoms with Crippen LogP contribution in [0.5, 0.6) is 0 Å². The molecule has 10 saturated heterocycles. The van der Waals surface area contributed by atoms with Crippen LogP contribution in [0.1, 0.15) is 117 Å². The Hall–Kier alpha value is -7.72. The molecule has 8 atom stereocenters. The third-order valence-electron chi connectivity index (χ3n) is 22.2. The second-order valence-electron chi connectivity index (χ2n) is 27.9. The molecular weight excluding hydrogens is 1140 g/mol. The molecule has 1 saturated carbocycles. The van der Waals surface area contributed by atoms with Crippen LogP contribution >= 0.6 is 0 Å². The van der Waals surface area contributed by atoms with E-state index in [-0.39, 0.29) is 53.7 Å². The van der Waals surface area contributed by atoms with Gasteiger partial charge in [0.15, 0.2) is 11.6 Å². The molecule has 11 fully saturated rings. The number of anilines is 9. The number of carbonyl (C=O) groups is 2. The molecule has 17 rings (SSSR count). The lowest BCUT2D eigenvalue weighted by Gasteiger charge is -2.48. The zero-order valence-electron chi connectivity index (χ0n) is 53.2. The lowest BCUT2D eigenvalue weighted by molar-refractivity contribution is 0.0818. The van der Waals surface area contributed by atoms with Gasteiger partial charge in [0.2, 0.25) is 23.8 Å². The van der Waals surface area contributed by atoms with Crippen molar-refractivity contribution in [3.63, 3.8) is 0 Å². The van der Waals surface area contributed by atoms with Gasteiger partial charge in [0.25, 0.3) is 0 Å². The van der Waals surface area contributed by atoms with Crippen LogP contribution in [0.4, 0.5) is 61.8 Å². The van der Waals surface area contributed by atoms with Crippen LogP contribution in [-0.2, 0) is 14.9 Å². The molecule has 10 aliphatic heterocycles. The van der Waals surface area contributed by atoms with Gasteiger partial charge >= 0.3 is 12.1 Å². The van der Waals surface area contributed by atoms with Crippen LogP contribution in [-0.4, -0.2) is 178 Å². The van der Waals surface area contributed by atoms with E-state index in [4.69, 9.17) is 39.4 Å². The monoisotopic (exact) mass is 1230 g/mol. The number of piperazine rings is 1. The van der Waals surface area contributed by atoms with E-state index in [0.29, 0.717) is 84.6 Å². The summed E-state index contributed by atoms with van der Waals surface area (Å²) in [5, 5.41) is 9.39. The normalized spacial score (nSPS) is 28.7. The molecule has 2 aromatic heterocycles. The maximum absolute atomic E-state index is 15.8. The maximum Gasteiger partial charge on any atom is 0.345 e. The van der Waals surface area contributed by atoms with Crippen molar-refractivity contribution in [2.45, 2.75) is 171 Å². The summed E-state index contributed by atoms with van der Waals surface area (Å²) in [6, 6.07) is 33.3. The Balaban J connectivity index is 0.781. The first-order valence-corrected chi connectivity index (χ1v) is 34.1. The average Bonchev–Trinajstić information content (AvgIpc) is 1.85. The Labute approximate surface area is 534 Å². The fourth-order valence-corrected chi connectivity index (χ4v) is 16.7. The Bertz CT molecular complexity index is 3550. The molecule has 4 amide bonds. The molecule has 12 heterocycles. The number of carbonyl (C=O) groups excluding carboxylic acids is 2. The third-order valence-corrected chi connectivity index (χ3v) is 22.2. The number of nitrogens with zero attached hydrogens (tertiary/aromatic N) is 15. The number of piperidine rings is 3. The van der Waals surface area contributed by atoms with Crippen LogP contribution in [0, 0.1) is 0 Å². The van der Waals surface area contributed by atoms with Gasteiger partial charge in [0.1, 0.15) is 0 Å². The minimum absolute atomic E-state index is 0.139. The highest BCUT2D eigenvalue weighted by Crippen LogP contribution is 2.44. The minimum Gasteiger partial charge on any atom is -0.377 e. The lowest BCUT2D eigenvalue weighted by atomic mass is 9.67. The summed E-state index contributed by atoms with van der Waals surface area (Å²) in [5.41, 5.74) is 6.16. The number of hydrazine groups is 1. The molecule has 8 unspecified atom stereocenters. The van der Waals surface area contributed by atoms with Crippen molar-refractivity contribution in [1.29, 1.82) is 0 Å². The van der Waals surface area contributed by atoms with Crippen molar-refractivity contribution in [3.8, 4) is 22.8 Å². The second-order valence-corrected chi connectivity index (χ2v) is 27.9. The Morgan fingerprint density at radius 3 is 1.20 bits per heavy atom. The molecule has 6 aromatic rings. The van der Waals surface area contributed by atoms with Crippen molar-refractivity contribution < 1.29 is 19.1 Å². The molecule has 11 aliphatic rings. The number of morpholine rings is 2. The fourth-order valence-electron chi connectivity index (χ4n) is 16.7. The Morgan fingerprint density at radius 1 is 0.429 bits per heavy atom. The standard InChI is InChI=1S/C70H87N17O4/c1-45-5-6-46(2)82(45)64-73-62(75-66(77-64)84-58-27-28-59(84)42-90-41-58)49-9-19-56(20-10-49)86(68(88)71-52-15-13-51(14-16-52)70-31-34-79(35-32-70)36-33-70)87(69(89)72-53-17-23-54(24-18-53)80-37-39-81(40-38-80)55-25-26-55)57-21-11-50(12-22-57)63-74-65(83-47(3)7-8-48(83)4)78-67(76-63)85-60-29-30-61(85)44-91-43-60/h9-24,45-48,55,58-61H,5-8,25-44H2,1-4H3,(H,71,88)(H,72,89). The van der Waals surface area contributed by atoms with Crippen molar-refractivity contribution in [2.75, 3.05) is 117 Å². The van der Waals surface area contributed by atoms with E-state index >= 15 is 9.59 Å². The van der Waals surface area contributed by atoms with Gasteiger partial charge in [-0.05, 0) is 227 Å². The number of rotatable bonds is 13. The lowest BCUT2D eigenvalue weighted by Crippen LogP contribution is -2.54. The highest BCUT2D eigenvalue weighted by atomic mass is 16.5. The Kier molecular flexibility index (Phi) is 15.4. The highest BCUT2D eigenvalue weighted by Gasteiger charge is 2.44. The van der Waals surface area contributed by atoms with E-state index in [0.717, 1.165) is 139 Å². The smallest absolute Gasteiger partial charge is 0.345 e. The van der Waals surface area contributed by atoms with Crippen LogP contribution in [0.3, 0.4) is 0 Å². The predicted octanol–water partition coefficient (Wildman–Crippen LogP) is 10.6. The summed E-state index contributed by atoms with van der Waals surface area (Å²) >= 11 is 0. The minimum atomic E-state index is -0.541. The topological polar surface area (TPSA) is 183 Å². The Morgan fingerprint density at radius 2 is 0.802 bits per heavy atom. The first-order chi connectivity index (χ1) is 44.5. The van der Waals surface area contributed by atoms with Crippen molar-refractivity contribution in [3.05, 3.63) is 103 Å². The summed E-state index contributed by atoms with van der Waals surface area (Å²) in [7, 11) is 0. The van der Waals surface area contributed by atoms with Crippen LogP contribution < -0.4 is 45.2 Å². The molecule has 1 aliphatic carbocycles. The number of amides is 4. The van der Waals surface area contributed by atoms with E-state index in [1.54, 1.807) is 0 Å². The molecule has 0 spiro atoms. The quantitative estimate of drug-likeness (QED) is 0.104. The predicted molar refractivity (Wildman–Crippen MR) is 357 cm³/mol. The number of ether oxygens (including phenoxy) is 2. The van der Waals surface area contributed by atoms with E-state index in [2.05, 4.69) is 96.9 Å². The number of hydrogen-bond donors (Lipinski definition) is 2. The summed E-state index contributed by atoms with van der Waals surface area (Å²) in [6.45, 7) is 18.9. The van der Waals surface area contributed by atoms with Gasteiger partial charge in [-0.3, -0.25) is 4.90 Å². The summed E-state index contributed by atoms with van der Waals surface area (Å²) in [4.78, 5) is 80.0. The van der Waals surface area contributed by atoms with E-state index < -0.39 is 12.1 Å². The molecular formula is C70H87N17O4. The SMILES string of the molecule is CC1CCC(C)N1c1nc(-c2ccc(N(C(=O)Nc3ccc(N4CCN(C5CC5)CC4)cc3)N(C(=O)Nc3ccc(C45CCN(CC4)CC5)cc3)c3ccc(-c4nc(N5C(C)CCC5C)nc(N5C6CCC5COC6)n4)cc3)cc2)nc(N2C3CCC2COC3)n1. The van der Waals surface area contributed by atoms with Gasteiger partial charge in [-0.15, -0.1) is 0 Å². The van der Waals surface area contributed by atoms with Crippen molar-refractivity contribution >= 4 is 64.3 Å². The largest absolute Gasteiger partial charge is 0.377 e. The summed E-state index contributed by atoms with van der Waals surface area (Å²) < 4.78 is 12.1. The number of benzene rings is 4.